The van der Waals surface area contributed by atoms with Gasteiger partial charge in [-0.2, -0.15) is 0 Å². The highest BCUT2D eigenvalue weighted by Gasteiger charge is 2.35. The number of carbonyl (C=O) groups excluding carboxylic acids is 2. The maximum Gasteiger partial charge on any atom is 0.324 e. The third-order valence-corrected chi connectivity index (χ3v) is 7.48. The van der Waals surface area contributed by atoms with Crippen LogP contribution in [0, 0.1) is 17.7 Å². The quantitative estimate of drug-likeness (QED) is 0.343. The summed E-state index contributed by atoms with van der Waals surface area (Å²) in [5, 5.41) is 2.22. The van der Waals surface area contributed by atoms with Crippen molar-refractivity contribution in [2.24, 2.45) is 11.8 Å². The Balaban J connectivity index is 1.28. The Morgan fingerprint density at radius 2 is 1.91 bits per heavy atom. The molecule has 3 fully saturated rings. The lowest BCUT2D eigenvalue weighted by atomic mass is 10.0. The van der Waals surface area contributed by atoms with Crippen molar-refractivity contribution in [2.45, 2.75) is 51.0 Å². The molecular formula is C22H30FN3O5S. The third kappa shape index (κ3) is 6.65. The normalized spacial score (nSPS) is 19.8. The summed E-state index contributed by atoms with van der Waals surface area (Å²) in [5.41, 5.74) is 0.603. The molecule has 1 aliphatic heterocycles. The van der Waals surface area contributed by atoms with Crippen LogP contribution in [-0.2, 0) is 14.8 Å². The van der Waals surface area contributed by atoms with E-state index in [4.69, 9.17) is 4.74 Å². The van der Waals surface area contributed by atoms with Crippen LogP contribution >= 0.6 is 0 Å². The Kier molecular flexibility index (Phi) is 6.99. The molecule has 1 aromatic carbocycles. The molecule has 1 saturated heterocycles. The number of halogens is 1. The van der Waals surface area contributed by atoms with Crippen molar-refractivity contribution >= 4 is 22.0 Å². The van der Waals surface area contributed by atoms with Gasteiger partial charge in [0.05, 0.1) is 12.4 Å². The van der Waals surface area contributed by atoms with Gasteiger partial charge in [-0.15, -0.1) is 0 Å². The molecule has 4 rings (SSSR count). The smallest absolute Gasteiger partial charge is 0.324 e. The van der Waals surface area contributed by atoms with Crippen molar-refractivity contribution in [3.8, 4) is 5.75 Å². The highest BCUT2D eigenvalue weighted by Crippen LogP contribution is 2.42. The molecule has 8 nitrogen and oxygen atoms in total. The topological polar surface area (TPSA) is 105 Å². The maximum atomic E-state index is 14.2. The van der Waals surface area contributed by atoms with E-state index in [0.29, 0.717) is 49.6 Å². The molecule has 2 N–H and O–H groups in total. The molecule has 0 radical (unpaired) electrons. The third-order valence-electron chi connectivity index (χ3n) is 6.04. The summed E-state index contributed by atoms with van der Waals surface area (Å²) in [4.78, 5) is 24.1. The fourth-order valence-corrected chi connectivity index (χ4v) is 5.32. The molecule has 0 unspecified atom stereocenters. The molecule has 2 aliphatic carbocycles. The highest BCUT2D eigenvalue weighted by atomic mass is 32.2. The number of nitrogens with one attached hydrogen (secondary N) is 2. The number of rotatable bonds is 13. The number of sulfonamides is 1. The second-order valence-electron chi connectivity index (χ2n) is 9.06. The van der Waals surface area contributed by atoms with Gasteiger partial charge in [0.25, 0.3) is 0 Å². The number of carbonyl (C=O) groups is 2. The molecular weight excluding hydrogens is 437 g/mol. The fourth-order valence-electron chi connectivity index (χ4n) is 3.90. The summed E-state index contributed by atoms with van der Waals surface area (Å²) in [6.45, 7) is 1.04. The van der Waals surface area contributed by atoms with Crippen LogP contribution in [0.4, 0.5) is 9.18 Å². The van der Waals surface area contributed by atoms with Gasteiger partial charge in [0.15, 0.2) is 0 Å². The summed E-state index contributed by atoms with van der Waals surface area (Å²) in [7, 11) is -3.55. The van der Waals surface area contributed by atoms with Crippen LogP contribution in [0.15, 0.2) is 18.2 Å². The Hall–Kier alpha value is -2.20. The molecule has 0 spiro atoms. The van der Waals surface area contributed by atoms with Gasteiger partial charge in [-0.1, -0.05) is 6.42 Å². The van der Waals surface area contributed by atoms with E-state index in [9.17, 15) is 22.4 Å². The zero-order valence-corrected chi connectivity index (χ0v) is 18.8. The SMILES string of the molecule is O=C1CN(CCCCCS(=O)(=O)N[C@@H](c2cc(F)cc(OCC3CC3)c2)C2CC2)C(=O)N1. The van der Waals surface area contributed by atoms with Gasteiger partial charge in [0.1, 0.15) is 18.1 Å². The number of hydrogen-bond donors (Lipinski definition) is 2. The van der Waals surface area contributed by atoms with Crippen molar-refractivity contribution in [1.82, 2.24) is 14.9 Å². The molecule has 32 heavy (non-hydrogen) atoms. The number of ether oxygens (including phenoxy) is 1. The van der Waals surface area contributed by atoms with E-state index in [1.165, 1.54) is 17.0 Å². The summed E-state index contributed by atoms with van der Waals surface area (Å²) in [5.74, 6) is 0.366. The fraction of sp³-hybridized carbons (Fsp3) is 0.636. The van der Waals surface area contributed by atoms with Gasteiger partial charge in [0, 0.05) is 18.7 Å². The predicted octanol–water partition coefficient (Wildman–Crippen LogP) is 2.71. The first-order valence-corrected chi connectivity index (χ1v) is 13.0. The molecule has 1 heterocycles. The summed E-state index contributed by atoms with van der Waals surface area (Å²) < 4.78 is 48.1. The number of hydrogen-bond acceptors (Lipinski definition) is 5. The van der Waals surface area contributed by atoms with E-state index >= 15 is 0 Å². The van der Waals surface area contributed by atoms with Crippen LogP contribution < -0.4 is 14.8 Å². The van der Waals surface area contributed by atoms with Gasteiger partial charge < -0.3 is 9.64 Å². The lowest BCUT2D eigenvalue weighted by Gasteiger charge is -2.20. The minimum Gasteiger partial charge on any atom is -0.493 e. The Morgan fingerprint density at radius 3 is 2.56 bits per heavy atom. The largest absolute Gasteiger partial charge is 0.493 e. The number of benzene rings is 1. The molecule has 1 aromatic rings. The van der Waals surface area contributed by atoms with Crippen LogP contribution in [0.5, 0.6) is 5.75 Å². The second kappa shape index (κ2) is 9.74. The summed E-state index contributed by atoms with van der Waals surface area (Å²) in [6, 6.07) is 3.63. The van der Waals surface area contributed by atoms with E-state index in [-0.39, 0.29) is 24.1 Å². The van der Waals surface area contributed by atoms with Crippen molar-refractivity contribution in [2.75, 3.05) is 25.4 Å². The van der Waals surface area contributed by atoms with E-state index in [1.54, 1.807) is 6.07 Å². The Labute approximate surface area is 187 Å². The number of nitrogens with zero attached hydrogens (tertiary/aromatic N) is 1. The van der Waals surface area contributed by atoms with Crippen molar-refractivity contribution < 1.29 is 27.1 Å². The molecule has 0 aromatic heterocycles. The average molecular weight is 468 g/mol. The van der Waals surface area contributed by atoms with Gasteiger partial charge in [-0.3, -0.25) is 10.1 Å². The van der Waals surface area contributed by atoms with Gasteiger partial charge in [-0.25, -0.2) is 22.3 Å². The van der Waals surface area contributed by atoms with E-state index in [0.717, 1.165) is 25.7 Å². The van der Waals surface area contributed by atoms with Crippen LogP contribution in [0.3, 0.4) is 0 Å². The Bertz CT molecular complexity index is 962. The number of imide groups is 1. The lowest BCUT2D eigenvalue weighted by Crippen LogP contribution is -2.32. The van der Waals surface area contributed by atoms with Gasteiger partial charge in [0.2, 0.25) is 15.9 Å². The van der Waals surface area contributed by atoms with Crippen molar-refractivity contribution in [3.05, 3.63) is 29.6 Å². The van der Waals surface area contributed by atoms with Crippen molar-refractivity contribution in [1.29, 1.82) is 0 Å². The van der Waals surface area contributed by atoms with E-state index in [2.05, 4.69) is 10.0 Å². The van der Waals surface area contributed by atoms with Crippen LogP contribution in [0.1, 0.15) is 56.6 Å². The molecule has 3 amide bonds. The lowest BCUT2D eigenvalue weighted by molar-refractivity contribution is -0.118. The minimum atomic E-state index is -3.55. The molecule has 176 valence electrons. The summed E-state index contributed by atoms with van der Waals surface area (Å²) >= 11 is 0. The first kappa shape index (κ1) is 23.0. The van der Waals surface area contributed by atoms with Crippen LogP contribution in [0.25, 0.3) is 0 Å². The van der Waals surface area contributed by atoms with Gasteiger partial charge >= 0.3 is 6.03 Å². The highest BCUT2D eigenvalue weighted by molar-refractivity contribution is 7.89. The van der Waals surface area contributed by atoms with Gasteiger partial charge in [-0.05, 0) is 68.1 Å². The number of unbranched alkanes of at least 4 members (excludes halogenated alkanes) is 2. The van der Waals surface area contributed by atoms with Crippen LogP contribution in [-0.4, -0.2) is 50.7 Å². The number of urea groups is 1. The monoisotopic (exact) mass is 467 g/mol. The molecule has 0 bridgehead atoms. The first-order chi connectivity index (χ1) is 15.3. The first-order valence-electron chi connectivity index (χ1n) is 11.3. The minimum absolute atomic E-state index is 0.0400. The van der Waals surface area contributed by atoms with E-state index < -0.39 is 27.9 Å². The zero-order chi connectivity index (χ0) is 22.7. The van der Waals surface area contributed by atoms with Crippen LogP contribution in [0.2, 0.25) is 0 Å². The molecule has 1 atom stereocenters. The molecule has 3 aliphatic rings. The average Bonchev–Trinajstić information content (AvgIpc) is 3.64. The molecule has 2 saturated carbocycles. The van der Waals surface area contributed by atoms with Crippen molar-refractivity contribution in [3.63, 3.8) is 0 Å². The zero-order valence-electron chi connectivity index (χ0n) is 18.0. The second-order valence-corrected chi connectivity index (χ2v) is 10.9. The number of amides is 3. The molecule has 10 heteroatoms. The Morgan fingerprint density at radius 1 is 1.12 bits per heavy atom. The maximum absolute atomic E-state index is 14.2. The predicted molar refractivity (Wildman–Crippen MR) is 116 cm³/mol. The standard InChI is InChI=1S/C22H30FN3O5S/c23-18-10-17(11-19(12-18)31-14-15-4-5-15)21(16-6-7-16)25-32(29,30)9-3-1-2-8-26-13-20(27)24-22(26)28/h10-12,15-16,21,25H,1-9,13-14H2,(H,24,27,28)/t21-/m1/s1. The summed E-state index contributed by atoms with van der Waals surface area (Å²) in [6.07, 6.45) is 5.75. The van der Waals surface area contributed by atoms with E-state index in [1.807, 2.05) is 0 Å².